The van der Waals surface area contributed by atoms with E-state index in [1.165, 1.54) is 6.07 Å². The Morgan fingerprint density at radius 3 is 2.45 bits per heavy atom. The van der Waals surface area contributed by atoms with Crippen LogP contribution in [0.15, 0.2) is 42.5 Å². The Morgan fingerprint density at radius 1 is 1.20 bits per heavy atom. The van der Waals surface area contributed by atoms with Crippen molar-refractivity contribution in [1.29, 1.82) is 0 Å². The third kappa shape index (κ3) is 2.96. The Kier molecular flexibility index (Phi) is 4.03. The molecule has 20 heavy (non-hydrogen) atoms. The lowest BCUT2D eigenvalue weighted by molar-refractivity contribution is 0.0691. The second-order valence-electron chi connectivity index (χ2n) is 4.78. The molecular weight excluding hydrogens is 257 g/mol. The van der Waals surface area contributed by atoms with E-state index in [1.807, 2.05) is 43.1 Å². The van der Waals surface area contributed by atoms with Gasteiger partial charge in [0.25, 0.3) is 0 Å². The number of hydrogen-bond acceptors (Lipinski definition) is 2. The first-order valence-electron chi connectivity index (χ1n) is 6.27. The van der Waals surface area contributed by atoms with Crippen molar-refractivity contribution in [1.82, 2.24) is 0 Å². The predicted octanol–water partition coefficient (Wildman–Crippen LogP) is 3.47. The Morgan fingerprint density at radius 2 is 1.85 bits per heavy atom. The van der Waals surface area contributed by atoms with Gasteiger partial charge in [-0.2, -0.15) is 0 Å². The molecule has 0 aromatic heterocycles. The molecule has 0 aliphatic heterocycles. The van der Waals surface area contributed by atoms with Crippen LogP contribution in [0.1, 0.15) is 21.5 Å². The van der Waals surface area contributed by atoms with Gasteiger partial charge in [0.15, 0.2) is 0 Å². The monoisotopic (exact) mass is 273 g/mol. The maximum absolute atomic E-state index is 14.1. The number of benzene rings is 2. The number of halogens is 1. The van der Waals surface area contributed by atoms with Crippen LogP contribution < -0.4 is 4.90 Å². The second kappa shape index (κ2) is 5.74. The van der Waals surface area contributed by atoms with E-state index in [4.69, 9.17) is 5.11 Å². The lowest BCUT2D eigenvalue weighted by Crippen LogP contribution is -2.18. The summed E-state index contributed by atoms with van der Waals surface area (Å²) in [6.45, 7) is 2.32. The second-order valence-corrected chi connectivity index (χ2v) is 4.78. The molecule has 0 saturated heterocycles. The van der Waals surface area contributed by atoms with Crippen LogP contribution in [0.4, 0.5) is 10.1 Å². The number of hydrogen-bond donors (Lipinski definition) is 1. The number of aromatic carboxylic acids is 1. The van der Waals surface area contributed by atoms with Gasteiger partial charge in [0.05, 0.1) is 5.56 Å². The number of carbonyl (C=O) groups is 1. The summed E-state index contributed by atoms with van der Waals surface area (Å²) >= 11 is 0. The molecule has 0 bridgehead atoms. The molecule has 2 aromatic carbocycles. The van der Waals surface area contributed by atoms with Crippen molar-refractivity contribution in [3.8, 4) is 0 Å². The number of anilines is 1. The minimum Gasteiger partial charge on any atom is -0.478 e. The molecule has 4 heteroatoms. The summed E-state index contributed by atoms with van der Waals surface area (Å²) in [7, 11) is 1.84. The fourth-order valence-electron chi connectivity index (χ4n) is 2.01. The Balaban J connectivity index is 2.23. The highest BCUT2D eigenvalue weighted by Crippen LogP contribution is 2.19. The van der Waals surface area contributed by atoms with Gasteiger partial charge in [-0.15, -0.1) is 0 Å². The quantitative estimate of drug-likeness (QED) is 0.927. The van der Waals surface area contributed by atoms with E-state index in [9.17, 15) is 9.18 Å². The summed E-state index contributed by atoms with van der Waals surface area (Å²) in [5.74, 6) is -1.92. The average Bonchev–Trinajstić information content (AvgIpc) is 2.41. The maximum Gasteiger partial charge on any atom is 0.338 e. The van der Waals surface area contributed by atoms with Gasteiger partial charge >= 0.3 is 5.97 Å². The van der Waals surface area contributed by atoms with Crippen LogP contribution in [0.3, 0.4) is 0 Å². The van der Waals surface area contributed by atoms with Gasteiger partial charge in [-0.1, -0.05) is 29.8 Å². The molecule has 0 aliphatic carbocycles. The zero-order valence-corrected chi connectivity index (χ0v) is 11.4. The van der Waals surface area contributed by atoms with Crippen LogP contribution in [0.25, 0.3) is 0 Å². The highest BCUT2D eigenvalue weighted by atomic mass is 19.1. The molecule has 0 unspecified atom stereocenters. The lowest BCUT2D eigenvalue weighted by atomic mass is 10.1. The molecule has 0 atom stereocenters. The van der Waals surface area contributed by atoms with Crippen molar-refractivity contribution in [3.63, 3.8) is 0 Å². The molecule has 3 nitrogen and oxygen atoms in total. The average molecular weight is 273 g/mol. The van der Waals surface area contributed by atoms with Crippen molar-refractivity contribution in [2.45, 2.75) is 13.5 Å². The number of aryl methyl sites for hydroxylation is 1. The van der Waals surface area contributed by atoms with E-state index in [0.717, 1.165) is 11.3 Å². The summed E-state index contributed by atoms with van der Waals surface area (Å²) < 4.78 is 14.1. The first-order chi connectivity index (χ1) is 9.49. The summed E-state index contributed by atoms with van der Waals surface area (Å²) in [4.78, 5) is 12.8. The summed E-state index contributed by atoms with van der Waals surface area (Å²) in [5, 5.41) is 8.92. The Labute approximate surface area is 117 Å². The predicted molar refractivity (Wildman–Crippen MR) is 76.6 cm³/mol. The Bertz CT molecular complexity index is 623. The van der Waals surface area contributed by atoms with Crippen molar-refractivity contribution in [2.75, 3.05) is 11.9 Å². The molecular formula is C16H16FNO2. The molecule has 0 fully saturated rings. The first-order valence-corrected chi connectivity index (χ1v) is 6.27. The van der Waals surface area contributed by atoms with E-state index in [2.05, 4.69) is 0 Å². The van der Waals surface area contributed by atoms with E-state index in [-0.39, 0.29) is 5.56 Å². The molecule has 0 spiro atoms. The van der Waals surface area contributed by atoms with Crippen LogP contribution in [0.5, 0.6) is 0 Å². The topological polar surface area (TPSA) is 40.5 Å². The van der Waals surface area contributed by atoms with Gasteiger partial charge in [0.1, 0.15) is 5.82 Å². The van der Waals surface area contributed by atoms with Crippen molar-refractivity contribution in [2.24, 2.45) is 0 Å². The van der Waals surface area contributed by atoms with Gasteiger partial charge in [-0.25, -0.2) is 9.18 Å². The summed E-state index contributed by atoms with van der Waals surface area (Å²) in [6, 6.07) is 12.3. The van der Waals surface area contributed by atoms with Crippen LogP contribution in [-0.2, 0) is 6.54 Å². The summed E-state index contributed by atoms with van der Waals surface area (Å²) in [5.41, 5.74) is 2.18. The van der Waals surface area contributed by atoms with Gasteiger partial charge in [0.2, 0.25) is 0 Å². The lowest BCUT2D eigenvalue weighted by Gasteiger charge is -2.20. The third-order valence-electron chi connectivity index (χ3n) is 3.19. The number of carboxylic acids is 1. The Hall–Kier alpha value is -2.36. The fraction of sp³-hybridized carbons (Fsp3) is 0.188. The minimum atomic E-state index is -1.25. The van der Waals surface area contributed by atoms with Gasteiger partial charge in [-0.3, -0.25) is 0 Å². The molecule has 1 N–H and O–H groups in total. The van der Waals surface area contributed by atoms with E-state index in [0.29, 0.717) is 12.1 Å². The normalized spacial score (nSPS) is 10.3. The zero-order valence-electron chi connectivity index (χ0n) is 11.4. The first kappa shape index (κ1) is 14.1. The molecule has 0 radical (unpaired) electrons. The molecule has 0 amide bonds. The smallest absolute Gasteiger partial charge is 0.338 e. The van der Waals surface area contributed by atoms with Gasteiger partial charge < -0.3 is 10.0 Å². The maximum atomic E-state index is 14.1. The minimum absolute atomic E-state index is 0.292. The van der Waals surface area contributed by atoms with Crippen LogP contribution in [-0.4, -0.2) is 18.1 Å². The molecule has 2 aromatic rings. The van der Waals surface area contributed by atoms with E-state index < -0.39 is 11.8 Å². The largest absolute Gasteiger partial charge is 0.478 e. The molecule has 2 rings (SSSR count). The van der Waals surface area contributed by atoms with Crippen LogP contribution in [0.2, 0.25) is 0 Å². The van der Waals surface area contributed by atoms with E-state index in [1.54, 1.807) is 12.1 Å². The summed E-state index contributed by atoms with van der Waals surface area (Å²) in [6.07, 6.45) is 0. The zero-order chi connectivity index (χ0) is 14.7. The van der Waals surface area contributed by atoms with Crippen LogP contribution >= 0.6 is 0 Å². The van der Waals surface area contributed by atoms with Crippen molar-refractivity contribution >= 4 is 11.7 Å². The van der Waals surface area contributed by atoms with E-state index >= 15 is 0 Å². The standard InChI is InChI=1S/C16H16FNO2/c1-11-6-8-13(9-7-11)18(2)10-12-4-3-5-14(15(12)17)16(19)20/h3-9H,10H2,1-2H3,(H,19,20). The SMILES string of the molecule is Cc1ccc(N(C)Cc2cccc(C(=O)O)c2F)cc1. The molecule has 0 saturated carbocycles. The molecule has 104 valence electrons. The highest BCUT2D eigenvalue weighted by Gasteiger charge is 2.14. The number of nitrogens with zero attached hydrogens (tertiary/aromatic N) is 1. The third-order valence-corrected chi connectivity index (χ3v) is 3.19. The van der Waals surface area contributed by atoms with Crippen molar-refractivity contribution in [3.05, 3.63) is 65.0 Å². The van der Waals surface area contributed by atoms with Crippen molar-refractivity contribution < 1.29 is 14.3 Å². The molecule has 0 aliphatic rings. The highest BCUT2D eigenvalue weighted by molar-refractivity contribution is 5.88. The van der Waals surface area contributed by atoms with Gasteiger partial charge in [0, 0.05) is 24.8 Å². The van der Waals surface area contributed by atoms with Gasteiger partial charge in [-0.05, 0) is 25.1 Å². The fourth-order valence-corrected chi connectivity index (χ4v) is 2.01. The number of carboxylic acid groups (broad SMARTS) is 1. The van der Waals surface area contributed by atoms with Crippen LogP contribution in [0, 0.1) is 12.7 Å². The number of rotatable bonds is 4. The molecule has 0 heterocycles.